The fourth-order valence-electron chi connectivity index (χ4n) is 1.67. The number of halogens is 3. The summed E-state index contributed by atoms with van der Waals surface area (Å²) < 4.78 is 37.3. The van der Waals surface area contributed by atoms with E-state index in [9.17, 15) is 13.2 Å². The average Bonchev–Trinajstić information content (AvgIpc) is 2.28. The van der Waals surface area contributed by atoms with E-state index in [1.807, 2.05) is 32.8 Å². The van der Waals surface area contributed by atoms with Gasteiger partial charge >= 0.3 is 6.18 Å². The van der Waals surface area contributed by atoms with Crippen LogP contribution in [0, 0.1) is 0 Å². The van der Waals surface area contributed by atoms with E-state index in [2.05, 4.69) is 0 Å². The average molecular weight is 274 g/mol. The lowest BCUT2D eigenvalue weighted by Gasteiger charge is -2.38. The summed E-state index contributed by atoms with van der Waals surface area (Å²) in [5.41, 5.74) is 6.11. The zero-order valence-corrected chi connectivity index (χ0v) is 11.8. The molecule has 108 valence electrons. The fourth-order valence-corrected chi connectivity index (χ4v) is 1.67. The zero-order valence-electron chi connectivity index (χ0n) is 11.8. The van der Waals surface area contributed by atoms with E-state index >= 15 is 0 Å². The van der Waals surface area contributed by atoms with Crippen molar-refractivity contribution in [2.24, 2.45) is 5.73 Å². The van der Waals surface area contributed by atoms with Crippen molar-refractivity contribution < 1.29 is 13.2 Å². The molecule has 0 bridgehead atoms. The quantitative estimate of drug-likeness (QED) is 0.914. The molecule has 0 saturated carbocycles. The van der Waals surface area contributed by atoms with Crippen molar-refractivity contribution in [2.75, 3.05) is 14.1 Å². The molecular formula is C14H21F3N2. The lowest BCUT2D eigenvalue weighted by atomic mass is 9.89. The van der Waals surface area contributed by atoms with Crippen LogP contribution in [0.5, 0.6) is 0 Å². The van der Waals surface area contributed by atoms with E-state index < -0.39 is 11.7 Å². The SMILES string of the molecule is CN(C)C(C)(C)C(N)Cc1ccc(C(F)(F)F)cc1. The van der Waals surface area contributed by atoms with Crippen molar-refractivity contribution in [3.8, 4) is 0 Å². The van der Waals surface area contributed by atoms with Gasteiger partial charge in [-0.05, 0) is 52.1 Å². The first-order valence-electron chi connectivity index (χ1n) is 6.14. The molecular weight excluding hydrogens is 253 g/mol. The van der Waals surface area contributed by atoms with Gasteiger partial charge in [-0.15, -0.1) is 0 Å². The molecule has 5 heteroatoms. The van der Waals surface area contributed by atoms with Gasteiger partial charge in [-0.25, -0.2) is 0 Å². The van der Waals surface area contributed by atoms with Crippen molar-refractivity contribution in [1.29, 1.82) is 0 Å². The highest BCUT2D eigenvalue weighted by molar-refractivity contribution is 5.25. The predicted octanol–water partition coefficient (Wildman–Crippen LogP) is 2.92. The van der Waals surface area contributed by atoms with Crippen molar-refractivity contribution in [1.82, 2.24) is 4.90 Å². The Morgan fingerprint density at radius 3 is 1.95 bits per heavy atom. The number of rotatable bonds is 4. The number of nitrogens with two attached hydrogens (primary N) is 1. The number of likely N-dealkylation sites (N-methyl/N-ethyl adjacent to an activating group) is 1. The first kappa shape index (κ1) is 16.0. The molecule has 2 nitrogen and oxygen atoms in total. The molecule has 1 aromatic carbocycles. The van der Waals surface area contributed by atoms with E-state index in [1.54, 1.807) is 0 Å². The molecule has 19 heavy (non-hydrogen) atoms. The molecule has 0 heterocycles. The van der Waals surface area contributed by atoms with Crippen LogP contribution in [0.3, 0.4) is 0 Å². The molecule has 0 radical (unpaired) electrons. The number of benzene rings is 1. The van der Waals surface area contributed by atoms with Crippen molar-refractivity contribution in [3.05, 3.63) is 35.4 Å². The van der Waals surface area contributed by atoms with Crippen LogP contribution < -0.4 is 5.73 Å². The third-order valence-electron chi connectivity index (χ3n) is 3.80. The van der Waals surface area contributed by atoms with Crippen molar-refractivity contribution in [3.63, 3.8) is 0 Å². The summed E-state index contributed by atoms with van der Waals surface area (Å²) in [6.45, 7) is 4.03. The maximum absolute atomic E-state index is 12.4. The Hall–Kier alpha value is -1.07. The fraction of sp³-hybridized carbons (Fsp3) is 0.571. The molecule has 0 aliphatic carbocycles. The van der Waals surface area contributed by atoms with Gasteiger partial charge in [0, 0.05) is 11.6 Å². The molecule has 1 unspecified atom stereocenters. The van der Waals surface area contributed by atoms with Crippen LogP contribution in [0.1, 0.15) is 25.0 Å². The summed E-state index contributed by atoms with van der Waals surface area (Å²) in [5, 5.41) is 0. The lowest BCUT2D eigenvalue weighted by molar-refractivity contribution is -0.137. The Morgan fingerprint density at radius 1 is 1.11 bits per heavy atom. The Labute approximate surface area is 112 Å². The van der Waals surface area contributed by atoms with Crippen molar-refractivity contribution >= 4 is 0 Å². The van der Waals surface area contributed by atoms with Gasteiger partial charge in [0.2, 0.25) is 0 Å². The smallest absolute Gasteiger partial charge is 0.326 e. The monoisotopic (exact) mass is 274 g/mol. The van der Waals surface area contributed by atoms with Gasteiger partial charge in [0.15, 0.2) is 0 Å². The van der Waals surface area contributed by atoms with Crippen molar-refractivity contribution in [2.45, 2.75) is 38.0 Å². The first-order valence-corrected chi connectivity index (χ1v) is 6.14. The highest BCUT2D eigenvalue weighted by Crippen LogP contribution is 2.29. The van der Waals surface area contributed by atoms with E-state index in [1.165, 1.54) is 12.1 Å². The van der Waals surface area contributed by atoms with E-state index in [0.717, 1.165) is 17.7 Å². The van der Waals surface area contributed by atoms with Gasteiger partial charge in [-0.1, -0.05) is 12.1 Å². The summed E-state index contributed by atoms with van der Waals surface area (Å²) >= 11 is 0. The van der Waals surface area contributed by atoms with Gasteiger partial charge < -0.3 is 10.6 Å². The largest absolute Gasteiger partial charge is 0.416 e. The normalized spacial score (nSPS) is 14.8. The number of hydrogen-bond acceptors (Lipinski definition) is 2. The Bertz CT molecular complexity index is 408. The van der Waals surface area contributed by atoms with Crippen LogP contribution >= 0.6 is 0 Å². The Morgan fingerprint density at radius 2 is 1.58 bits per heavy atom. The van der Waals surface area contributed by atoms with E-state index in [4.69, 9.17) is 5.73 Å². The van der Waals surface area contributed by atoms with E-state index in [-0.39, 0.29) is 11.6 Å². The summed E-state index contributed by atoms with van der Waals surface area (Å²) in [5.74, 6) is 0. The third kappa shape index (κ3) is 3.94. The second kappa shape index (κ2) is 5.51. The molecule has 1 aromatic rings. The van der Waals surface area contributed by atoms with Crippen LogP contribution in [-0.2, 0) is 12.6 Å². The van der Waals surface area contributed by atoms with E-state index in [0.29, 0.717) is 6.42 Å². The predicted molar refractivity (Wildman–Crippen MR) is 70.9 cm³/mol. The first-order chi connectivity index (χ1) is 8.55. The topological polar surface area (TPSA) is 29.3 Å². The maximum atomic E-state index is 12.4. The Kier molecular flexibility index (Phi) is 4.63. The summed E-state index contributed by atoms with van der Waals surface area (Å²) in [4.78, 5) is 2.02. The minimum absolute atomic E-state index is 0.153. The molecule has 1 atom stereocenters. The molecule has 1 rings (SSSR count). The van der Waals surface area contributed by atoms with Gasteiger partial charge in [-0.2, -0.15) is 13.2 Å². The maximum Gasteiger partial charge on any atom is 0.416 e. The third-order valence-corrected chi connectivity index (χ3v) is 3.80. The molecule has 0 fully saturated rings. The molecule has 0 amide bonds. The van der Waals surface area contributed by atoms with Crippen LogP contribution in [-0.4, -0.2) is 30.6 Å². The molecule has 0 aliphatic rings. The minimum Gasteiger partial charge on any atom is -0.326 e. The molecule has 0 aliphatic heterocycles. The molecule has 0 aromatic heterocycles. The highest BCUT2D eigenvalue weighted by atomic mass is 19.4. The number of hydrogen-bond donors (Lipinski definition) is 1. The highest BCUT2D eigenvalue weighted by Gasteiger charge is 2.31. The van der Waals surface area contributed by atoms with Gasteiger partial charge in [-0.3, -0.25) is 0 Å². The summed E-state index contributed by atoms with van der Waals surface area (Å²) in [6.07, 6.45) is -3.74. The summed E-state index contributed by atoms with van der Waals surface area (Å²) in [6, 6.07) is 5.04. The number of alkyl halides is 3. The molecule has 0 saturated heterocycles. The second-order valence-corrected chi connectivity index (χ2v) is 5.55. The van der Waals surface area contributed by atoms with Crippen LogP contribution in [0.25, 0.3) is 0 Å². The Balaban J connectivity index is 2.79. The van der Waals surface area contributed by atoms with Crippen LogP contribution in [0.4, 0.5) is 13.2 Å². The standard InChI is InChI=1S/C14H21F3N2/c1-13(2,19(3)4)12(18)9-10-5-7-11(8-6-10)14(15,16)17/h5-8,12H,9,18H2,1-4H3. The van der Waals surface area contributed by atoms with Crippen LogP contribution in [0.15, 0.2) is 24.3 Å². The zero-order chi connectivity index (χ0) is 14.8. The molecule has 0 spiro atoms. The minimum atomic E-state index is -4.29. The number of nitrogens with zero attached hydrogens (tertiary/aromatic N) is 1. The van der Waals surface area contributed by atoms with Gasteiger partial charge in [0.1, 0.15) is 0 Å². The summed E-state index contributed by atoms with van der Waals surface area (Å²) in [7, 11) is 3.87. The molecule has 2 N–H and O–H groups in total. The lowest BCUT2D eigenvalue weighted by Crippen LogP contribution is -2.54. The second-order valence-electron chi connectivity index (χ2n) is 5.55. The van der Waals surface area contributed by atoms with Gasteiger partial charge in [0.25, 0.3) is 0 Å². The van der Waals surface area contributed by atoms with Gasteiger partial charge in [0.05, 0.1) is 5.56 Å². The van der Waals surface area contributed by atoms with Crippen LogP contribution in [0.2, 0.25) is 0 Å².